The minimum Gasteiger partial charge on any atom is -0.482 e. The molecule has 0 N–H and O–H groups in total. The zero-order valence-corrected chi connectivity index (χ0v) is 21.4. The van der Waals surface area contributed by atoms with Gasteiger partial charge in [-0.05, 0) is 63.6 Å². The number of benzene rings is 2. The molecule has 0 spiro atoms. The Morgan fingerprint density at radius 1 is 1.14 bits per heavy atom. The molecule has 2 aliphatic heterocycles. The first kappa shape index (κ1) is 24.0. The maximum absolute atomic E-state index is 13.7. The molecule has 1 aromatic heterocycles. The Bertz CT molecular complexity index is 1370. The molecular formula is C27H27N3O5S. The number of carbonyl (C=O) groups is 3. The number of carbonyl (C=O) groups excluding carboxylic acids is 3. The van der Waals surface area contributed by atoms with E-state index < -0.39 is 12.1 Å². The minimum absolute atomic E-state index is 0.0249. The van der Waals surface area contributed by atoms with Crippen LogP contribution in [0.4, 0.5) is 11.4 Å². The van der Waals surface area contributed by atoms with E-state index in [9.17, 15) is 14.4 Å². The number of rotatable bonds is 6. The molecule has 2 aliphatic rings. The summed E-state index contributed by atoms with van der Waals surface area (Å²) in [6.07, 6.45) is -0.197. The lowest BCUT2D eigenvalue weighted by Gasteiger charge is -2.37. The number of aryl methyl sites for hydroxylation is 1. The van der Waals surface area contributed by atoms with Gasteiger partial charge in [0, 0.05) is 23.1 Å². The van der Waals surface area contributed by atoms with Gasteiger partial charge in [-0.15, -0.1) is 11.3 Å². The summed E-state index contributed by atoms with van der Waals surface area (Å²) >= 11 is 1.55. The number of thiazole rings is 1. The third kappa shape index (κ3) is 4.03. The van der Waals surface area contributed by atoms with Crippen molar-refractivity contribution in [3.05, 3.63) is 52.3 Å². The van der Waals surface area contributed by atoms with Crippen molar-refractivity contribution in [3.8, 4) is 22.8 Å². The number of Topliss-reactive ketones (excluding diaryl/α,β-unsaturated/α-hetero) is 1. The number of ketones is 1. The summed E-state index contributed by atoms with van der Waals surface area (Å²) in [5.74, 6) is 0.457. The molecule has 3 heterocycles. The maximum Gasteiger partial charge on any atom is 0.268 e. The first-order valence-electron chi connectivity index (χ1n) is 12.0. The maximum atomic E-state index is 13.7. The lowest BCUT2D eigenvalue weighted by Crippen LogP contribution is -2.52. The number of anilines is 2. The molecule has 9 heteroatoms. The lowest BCUT2D eigenvalue weighted by atomic mass is 9.99. The second-order valence-corrected chi connectivity index (χ2v) is 9.87. The summed E-state index contributed by atoms with van der Waals surface area (Å²) in [6, 6.07) is 9.87. The standard InChI is InChI=1S/C27H27N3O5S/c1-5-22-27(33)30(21-11-17(7-10-24(21)35-22)19-14-36-16(4)28-19)15(3)26(32)18-8-9-23-20(12-18)29(6-2)25(31)13-34-23/h7-12,14-15,22H,5-6,13H2,1-4H3. The first-order valence-corrected chi connectivity index (χ1v) is 12.9. The number of nitrogens with zero attached hydrogens (tertiary/aromatic N) is 3. The van der Waals surface area contributed by atoms with Gasteiger partial charge < -0.3 is 14.4 Å². The van der Waals surface area contributed by atoms with Crippen LogP contribution in [0, 0.1) is 6.92 Å². The van der Waals surface area contributed by atoms with E-state index in [4.69, 9.17) is 9.47 Å². The van der Waals surface area contributed by atoms with Crippen molar-refractivity contribution < 1.29 is 23.9 Å². The Kier molecular flexibility index (Phi) is 6.26. The van der Waals surface area contributed by atoms with Crippen LogP contribution in [-0.4, -0.2) is 47.9 Å². The van der Waals surface area contributed by atoms with Crippen LogP contribution in [0.1, 0.15) is 42.6 Å². The van der Waals surface area contributed by atoms with Crippen LogP contribution in [-0.2, 0) is 9.59 Å². The summed E-state index contributed by atoms with van der Waals surface area (Å²) in [7, 11) is 0. The Morgan fingerprint density at radius 3 is 2.61 bits per heavy atom. The predicted octanol–water partition coefficient (Wildman–Crippen LogP) is 4.64. The summed E-state index contributed by atoms with van der Waals surface area (Å²) in [6.45, 7) is 7.86. The number of amides is 2. The predicted molar refractivity (Wildman–Crippen MR) is 138 cm³/mol. The molecule has 0 aliphatic carbocycles. The Balaban J connectivity index is 1.53. The Labute approximate surface area is 213 Å². The van der Waals surface area contributed by atoms with Crippen molar-refractivity contribution in [1.82, 2.24) is 4.98 Å². The molecule has 0 saturated carbocycles. The van der Waals surface area contributed by atoms with Crippen LogP contribution in [0.25, 0.3) is 11.3 Å². The molecule has 2 aromatic carbocycles. The molecule has 2 atom stereocenters. The van der Waals surface area contributed by atoms with Crippen LogP contribution >= 0.6 is 11.3 Å². The smallest absolute Gasteiger partial charge is 0.268 e. The number of likely N-dealkylation sites (N-methyl/N-ethyl adjacent to an activating group) is 1. The van der Waals surface area contributed by atoms with Gasteiger partial charge in [0.05, 0.1) is 28.1 Å². The second-order valence-electron chi connectivity index (χ2n) is 8.81. The normalized spacial score (nSPS) is 17.7. The van der Waals surface area contributed by atoms with Gasteiger partial charge in [-0.2, -0.15) is 0 Å². The van der Waals surface area contributed by atoms with Crippen molar-refractivity contribution >= 4 is 40.3 Å². The summed E-state index contributed by atoms with van der Waals surface area (Å²) in [5.41, 5.74) is 3.16. The van der Waals surface area contributed by atoms with Gasteiger partial charge in [0.15, 0.2) is 18.5 Å². The van der Waals surface area contributed by atoms with Crippen molar-refractivity contribution in [2.75, 3.05) is 23.0 Å². The number of aromatic nitrogens is 1. The molecule has 0 saturated heterocycles. The molecule has 186 valence electrons. The monoisotopic (exact) mass is 505 g/mol. The van der Waals surface area contributed by atoms with Crippen molar-refractivity contribution in [2.45, 2.75) is 46.3 Å². The molecule has 3 aromatic rings. The van der Waals surface area contributed by atoms with Crippen LogP contribution in [0.2, 0.25) is 0 Å². The highest BCUT2D eigenvalue weighted by Gasteiger charge is 2.39. The third-order valence-electron chi connectivity index (χ3n) is 6.56. The fourth-order valence-electron chi connectivity index (χ4n) is 4.66. The highest BCUT2D eigenvalue weighted by Crippen LogP contribution is 2.40. The van der Waals surface area contributed by atoms with Gasteiger partial charge in [-0.25, -0.2) is 4.98 Å². The van der Waals surface area contributed by atoms with E-state index in [0.717, 1.165) is 16.3 Å². The van der Waals surface area contributed by atoms with E-state index in [1.807, 2.05) is 44.4 Å². The fourth-order valence-corrected chi connectivity index (χ4v) is 5.28. The average Bonchev–Trinajstić information content (AvgIpc) is 3.33. The van der Waals surface area contributed by atoms with E-state index in [-0.39, 0.29) is 24.2 Å². The van der Waals surface area contributed by atoms with Crippen LogP contribution in [0.3, 0.4) is 0 Å². The average molecular weight is 506 g/mol. The third-order valence-corrected chi connectivity index (χ3v) is 7.33. The number of hydrogen-bond donors (Lipinski definition) is 0. The highest BCUT2D eigenvalue weighted by molar-refractivity contribution is 7.09. The summed E-state index contributed by atoms with van der Waals surface area (Å²) in [4.78, 5) is 47.2. The molecule has 0 radical (unpaired) electrons. The van der Waals surface area contributed by atoms with Gasteiger partial charge in [-0.3, -0.25) is 19.3 Å². The van der Waals surface area contributed by atoms with E-state index >= 15 is 0 Å². The van der Waals surface area contributed by atoms with Crippen LogP contribution in [0.15, 0.2) is 41.8 Å². The molecule has 8 nitrogen and oxygen atoms in total. The molecule has 2 unspecified atom stereocenters. The van der Waals surface area contributed by atoms with Crippen molar-refractivity contribution in [1.29, 1.82) is 0 Å². The Hall–Kier alpha value is -3.72. The largest absolute Gasteiger partial charge is 0.482 e. The lowest BCUT2D eigenvalue weighted by molar-refractivity contribution is -0.126. The summed E-state index contributed by atoms with van der Waals surface area (Å²) in [5, 5.41) is 2.91. The summed E-state index contributed by atoms with van der Waals surface area (Å²) < 4.78 is 11.5. The minimum atomic E-state index is -0.796. The number of fused-ring (bicyclic) bond motifs is 2. The van der Waals surface area contributed by atoms with Crippen molar-refractivity contribution in [3.63, 3.8) is 0 Å². The van der Waals surface area contributed by atoms with Crippen LogP contribution < -0.4 is 19.3 Å². The zero-order valence-electron chi connectivity index (χ0n) is 20.6. The van der Waals surface area contributed by atoms with Gasteiger partial charge in [0.25, 0.3) is 11.8 Å². The SMILES string of the molecule is CCC1Oc2ccc(-c3csc(C)n3)cc2N(C(C)C(=O)c2ccc3c(c2)N(CC)C(=O)CO3)C1=O. The number of hydrogen-bond acceptors (Lipinski definition) is 7. The zero-order chi connectivity index (χ0) is 25.6. The molecule has 36 heavy (non-hydrogen) atoms. The molecule has 2 amide bonds. The van der Waals surface area contributed by atoms with Crippen LogP contribution in [0.5, 0.6) is 11.5 Å². The van der Waals surface area contributed by atoms with E-state index in [0.29, 0.717) is 41.4 Å². The van der Waals surface area contributed by atoms with E-state index in [1.54, 1.807) is 41.4 Å². The van der Waals surface area contributed by atoms with Gasteiger partial charge in [0.1, 0.15) is 11.5 Å². The van der Waals surface area contributed by atoms with Gasteiger partial charge >= 0.3 is 0 Å². The van der Waals surface area contributed by atoms with E-state index in [1.165, 1.54) is 4.90 Å². The highest BCUT2D eigenvalue weighted by atomic mass is 32.1. The fraction of sp³-hybridized carbons (Fsp3) is 0.333. The topological polar surface area (TPSA) is 89.0 Å². The Morgan fingerprint density at radius 2 is 1.92 bits per heavy atom. The molecule has 0 fully saturated rings. The quantitative estimate of drug-likeness (QED) is 0.454. The molecular weight excluding hydrogens is 478 g/mol. The molecule has 0 bridgehead atoms. The van der Waals surface area contributed by atoms with Gasteiger partial charge in [0.2, 0.25) is 0 Å². The second kappa shape index (κ2) is 9.39. The number of ether oxygens (including phenoxy) is 2. The van der Waals surface area contributed by atoms with E-state index in [2.05, 4.69) is 4.98 Å². The first-order chi connectivity index (χ1) is 17.3. The molecule has 5 rings (SSSR count). The van der Waals surface area contributed by atoms with Crippen molar-refractivity contribution in [2.24, 2.45) is 0 Å². The van der Waals surface area contributed by atoms with Gasteiger partial charge in [-0.1, -0.05) is 6.92 Å².